The molecule has 1 aromatic rings. The van der Waals surface area contributed by atoms with Crippen LogP contribution in [0.4, 0.5) is 5.69 Å². The highest BCUT2D eigenvalue weighted by Gasteiger charge is 2.19. The summed E-state index contributed by atoms with van der Waals surface area (Å²) in [5.74, 6) is 0.824. The fourth-order valence-corrected chi connectivity index (χ4v) is 3.01. The van der Waals surface area contributed by atoms with Gasteiger partial charge in [-0.3, -0.25) is 4.79 Å². The molecule has 1 aliphatic carbocycles. The molecule has 0 radical (unpaired) electrons. The van der Waals surface area contributed by atoms with Crippen molar-refractivity contribution in [2.24, 2.45) is 5.92 Å². The van der Waals surface area contributed by atoms with Crippen LogP contribution in [0.15, 0.2) is 18.2 Å². The number of nitrogens with one attached hydrogen (secondary N) is 2. The van der Waals surface area contributed by atoms with Crippen molar-refractivity contribution in [3.63, 3.8) is 0 Å². The lowest BCUT2D eigenvalue weighted by Gasteiger charge is -2.29. The van der Waals surface area contributed by atoms with Gasteiger partial charge in [0.15, 0.2) is 0 Å². The topological polar surface area (TPSA) is 41.1 Å². The molecule has 20 heavy (non-hydrogen) atoms. The van der Waals surface area contributed by atoms with E-state index in [2.05, 4.69) is 24.5 Å². The van der Waals surface area contributed by atoms with Gasteiger partial charge in [-0.1, -0.05) is 19.8 Å². The van der Waals surface area contributed by atoms with Crippen molar-refractivity contribution < 1.29 is 4.79 Å². The predicted octanol–water partition coefficient (Wildman–Crippen LogP) is 3.74. The number of hydrogen-bond acceptors (Lipinski definition) is 2. The van der Waals surface area contributed by atoms with Crippen molar-refractivity contribution >= 4 is 11.6 Å². The van der Waals surface area contributed by atoms with Crippen molar-refractivity contribution in [1.82, 2.24) is 5.32 Å². The van der Waals surface area contributed by atoms with Crippen molar-refractivity contribution in [1.29, 1.82) is 0 Å². The highest BCUT2D eigenvalue weighted by atomic mass is 16.1. The fraction of sp³-hybridized carbons (Fsp3) is 0.588. The maximum atomic E-state index is 11.8. The molecule has 1 fully saturated rings. The number of benzene rings is 1. The minimum absolute atomic E-state index is 0.00781. The summed E-state index contributed by atoms with van der Waals surface area (Å²) in [5.41, 5.74) is 3.05. The lowest BCUT2D eigenvalue weighted by molar-refractivity contribution is 0.0956. The average Bonchev–Trinajstić information content (AvgIpc) is 2.41. The molecule has 2 atom stereocenters. The molecule has 1 saturated carbocycles. The van der Waals surface area contributed by atoms with Crippen LogP contribution in [0, 0.1) is 12.8 Å². The average molecular weight is 274 g/mol. The summed E-state index contributed by atoms with van der Waals surface area (Å²) in [5, 5.41) is 6.48. The van der Waals surface area contributed by atoms with E-state index in [1.807, 2.05) is 25.1 Å². The third-order valence-electron chi connectivity index (χ3n) is 4.12. The van der Waals surface area contributed by atoms with E-state index in [0.717, 1.165) is 22.7 Å². The smallest absolute Gasteiger partial charge is 0.251 e. The summed E-state index contributed by atoms with van der Waals surface area (Å²) in [7, 11) is 0. The summed E-state index contributed by atoms with van der Waals surface area (Å²) in [6.45, 7) is 7.00. The van der Waals surface area contributed by atoms with Gasteiger partial charge in [-0.15, -0.1) is 0 Å². The molecule has 0 aliphatic heterocycles. The zero-order chi connectivity index (χ0) is 14.5. The number of amides is 1. The van der Waals surface area contributed by atoms with Crippen LogP contribution in [0.1, 0.15) is 55.5 Å². The molecule has 1 aliphatic rings. The van der Waals surface area contributed by atoms with Gasteiger partial charge in [0.1, 0.15) is 0 Å². The molecule has 110 valence electrons. The molecule has 0 bridgehead atoms. The molecule has 3 heteroatoms. The lowest BCUT2D eigenvalue weighted by atomic mass is 9.87. The number of aryl methyl sites for hydroxylation is 1. The fourth-order valence-electron chi connectivity index (χ4n) is 3.01. The number of hydrogen-bond donors (Lipinski definition) is 2. The Labute approximate surface area is 122 Å². The van der Waals surface area contributed by atoms with Gasteiger partial charge in [0.05, 0.1) is 0 Å². The number of carbonyl (C=O) groups excluding carboxylic acids is 1. The van der Waals surface area contributed by atoms with Gasteiger partial charge in [0.25, 0.3) is 5.91 Å². The molecule has 0 aromatic heterocycles. The van der Waals surface area contributed by atoms with Gasteiger partial charge < -0.3 is 10.6 Å². The highest BCUT2D eigenvalue weighted by Crippen LogP contribution is 2.27. The minimum atomic E-state index is 0.00781. The Morgan fingerprint density at radius 2 is 2.15 bits per heavy atom. The SMILES string of the molecule is CCNC(=O)c1ccc(NC2CCCC(C)C2)c(C)c1. The molecule has 0 saturated heterocycles. The van der Waals surface area contributed by atoms with Crippen molar-refractivity contribution in [2.75, 3.05) is 11.9 Å². The summed E-state index contributed by atoms with van der Waals surface area (Å²) in [6, 6.07) is 6.50. The third-order valence-corrected chi connectivity index (χ3v) is 4.12. The Balaban J connectivity index is 2.04. The molecule has 0 spiro atoms. The maximum absolute atomic E-state index is 11.8. The quantitative estimate of drug-likeness (QED) is 0.878. The van der Waals surface area contributed by atoms with Crippen LogP contribution in [-0.4, -0.2) is 18.5 Å². The first-order valence-corrected chi connectivity index (χ1v) is 7.75. The summed E-state index contributed by atoms with van der Waals surface area (Å²) >= 11 is 0. The van der Waals surface area contributed by atoms with Crippen LogP contribution in [0.5, 0.6) is 0 Å². The Bertz CT molecular complexity index is 470. The first-order chi connectivity index (χ1) is 9.60. The predicted molar refractivity (Wildman–Crippen MR) is 84.2 cm³/mol. The molecule has 2 rings (SSSR count). The second kappa shape index (κ2) is 6.78. The molecule has 3 nitrogen and oxygen atoms in total. The van der Waals surface area contributed by atoms with Crippen molar-refractivity contribution in [3.8, 4) is 0 Å². The van der Waals surface area contributed by atoms with Crippen LogP contribution < -0.4 is 10.6 Å². The van der Waals surface area contributed by atoms with Gasteiger partial charge in [0.2, 0.25) is 0 Å². The Morgan fingerprint density at radius 1 is 1.35 bits per heavy atom. The molecule has 2 unspecified atom stereocenters. The van der Waals surface area contributed by atoms with Gasteiger partial charge in [-0.2, -0.15) is 0 Å². The first-order valence-electron chi connectivity index (χ1n) is 7.75. The van der Waals surface area contributed by atoms with Gasteiger partial charge in [-0.05, 0) is 56.4 Å². The van der Waals surface area contributed by atoms with Crippen LogP contribution in [0.3, 0.4) is 0 Å². The highest BCUT2D eigenvalue weighted by molar-refractivity contribution is 5.94. The number of anilines is 1. The van der Waals surface area contributed by atoms with E-state index < -0.39 is 0 Å². The molecule has 2 N–H and O–H groups in total. The van der Waals surface area contributed by atoms with E-state index >= 15 is 0 Å². The number of rotatable bonds is 4. The molecule has 1 aromatic carbocycles. The zero-order valence-corrected chi connectivity index (χ0v) is 12.8. The van der Waals surface area contributed by atoms with E-state index in [-0.39, 0.29) is 5.91 Å². The maximum Gasteiger partial charge on any atom is 0.251 e. The largest absolute Gasteiger partial charge is 0.382 e. The minimum Gasteiger partial charge on any atom is -0.382 e. The molecule has 0 heterocycles. The van der Waals surface area contributed by atoms with Crippen molar-refractivity contribution in [3.05, 3.63) is 29.3 Å². The lowest BCUT2D eigenvalue weighted by Crippen LogP contribution is -2.26. The Kier molecular flexibility index (Phi) is 5.05. The van der Waals surface area contributed by atoms with Gasteiger partial charge in [-0.25, -0.2) is 0 Å². The third kappa shape index (κ3) is 3.75. The van der Waals surface area contributed by atoms with E-state index in [4.69, 9.17) is 0 Å². The molecular weight excluding hydrogens is 248 g/mol. The molecule has 1 amide bonds. The first kappa shape index (κ1) is 14.9. The monoisotopic (exact) mass is 274 g/mol. The summed E-state index contributed by atoms with van der Waals surface area (Å²) < 4.78 is 0. The second-order valence-corrected chi connectivity index (χ2v) is 6.00. The Morgan fingerprint density at radius 3 is 2.80 bits per heavy atom. The standard InChI is InChI=1S/C17H26N2O/c1-4-18-17(20)14-8-9-16(13(3)11-14)19-15-7-5-6-12(2)10-15/h8-9,11-12,15,19H,4-7,10H2,1-3H3,(H,18,20). The summed E-state index contributed by atoms with van der Waals surface area (Å²) in [4.78, 5) is 11.8. The van der Waals surface area contributed by atoms with E-state index in [9.17, 15) is 4.79 Å². The van der Waals surface area contributed by atoms with Crippen molar-refractivity contribution in [2.45, 2.75) is 52.5 Å². The van der Waals surface area contributed by atoms with Crippen LogP contribution >= 0.6 is 0 Å². The second-order valence-electron chi connectivity index (χ2n) is 6.00. The van der Waals surface area contributed by atoms with Crippen LogP contribution in [0.25, 0.3) is 0 Å². The van der Waals surface area contributed by atoms with Gasteiger partial charge >= 0.3 is 0 Å². The summed E-state index contributed by atoms with van der Waals surface area (Å²) in [6.07, 6.45) is 5.17. The van der Waals surface area contributed by atoms with Crippen LogP contribution in [0.2, 0.25) is 0 Å². The van der Waals surface area contributed by atoms with Crippen LogP contribution in [-0.2, 0) is 0 Å². The van der Waals surface area contributed by atoms with E-state index in [0.29, 0.717) is 12.6 Å². The molecular formula is C17H26N2O. The van der Waals surface area contributed by atoms with E-state index in [1.54, 1.807) is 0 Å². The Hall–Kier alpha value is -1.51. The number of carbonyl (C=O) groups is 1. The van der Waals surface area contributed by atoms with E-state index in [1.165, 1.54) is 25.7 Å². The normalized spacial score (nSPS) is 22.4. The zero-order valence-electron chi connectivity index (χ0n) is 12.8. The van der Waals surface area contributed by atoms with Gasteiger partial charge in [0, 0.05) is 23.8 Å².